The number of esters is 1. The van der Waals surface area contributed by atoms with Gasteiger partial charge >= 0.3 is 12.3 Å². The summed E-state index contributed by atoms with van der Waals surface area (Å²) in [5.74, 6) is -0.655. The Balaban J connectivity index is 1.83. The maximum absolute atomic E-state index is 12.5. The minimum atomic E-state index is -4.77. The molecule has 0 aliphatic carbocycles. The van der Waals surface area contributed by atoms with E-state index in [4.69, 9.17) is 0 Å². The molecule has 1 aromatic rings. The highest BCUT2D eigenvalue weighted by Crippen LogP contribution is 2.27. The Labute approximate surface area is 162 Å². The Morgan fingerprint density at radius 3 is 2.39 bits per heavy atom. The minimum absolute atomic E-state index is 0.0242. The number of benzene rings is 1. The predicted octanol–water partition coefficient (Wildman–Crippen LogP) is 2.61. The molecule has 28 heavy (non-hydrogen) atoms. The molecule has 1 amide bonds. The van der Waals surface area contributed by atoms with Crippen LogP contribution in [0.2, 0.25) is 0 Å². The molecule has 0 aromatic heterocycles. The van der Waals surface area contributed by atoms with Gasteiger partial charge in [-0.2, -0.15) is 0 Å². The summed E-state index contributed by atoms with van der Waals surface area (Å²) >= 11 is 0. The van der Waals surface area contributed by atoms with Crippen molar-refractivity contribution in [3.63, 3.8) is 0 Å². The summed E-state index contributed by atoms with van der Waals surface area (Å²) in [6.45, 7) is 4.25. The molecule has 156 valence electrons. The molecule has 1 saturated heterocycles. The van der Waals surface area contributed by atoms with E-state index in [1.165, 1.54) is 25.3 Å². The summed E-state index contributed by atoms with van der Waals surface area (Å²) in [6.07, 6.45) is -4.20. The molecule has 0 N–H and O–H groups in total. The van der Waals surface area contributed by atoms with Gasteiger partial charge in [0, 0.05) is 38.6 Å². The first-order valence-electron chi connectivity index (χ1n) is 9.12. The first-order chi connectivity index (χ1) is 13.2. The zero-order valence-electron chi connectivity index (χ0n) is 16.0. The van der Waals surface area contributed by atoms with Crippen molar-refractivity contribution in [1.29, 1.82) is 0 Å². The molecule has 0 unspecified atom stereocenters. The highest BCUT2D eigenvalue weighted by atomic mass is 19.4. The molecule has 1 aromatic carbocycles. The number of para-hydroxylation sites is 1. The Morgan fingerprint density at radius 1 is 1.14 bits per heavy atom. The van der Waals surface area contributed by atoms with Crippen LogP contribution in [0.5, 0.6) is 5.75 Å². The fourth-order valence-corrected chi connectivity index (χ4v) is 3.20. The summed E-state index contributed by atoms with van der Waals surface area (Å²) in [7, 11) is 1.35. The molecule has 0 spiro atoms. The van der Waals surface area contributed by atoms with E-state index in [2.05, 4.69) is 14.4 Å². The monoisotopic (exact) mass is 402 g/mol. The number of nitrogens with zero attached hydrogens (tertiary/aromatic N) is 2. The molecule has 1 heterocycles. The van der Waals surface area contributed by atoms with Gasteiger partial charge in [-0.1, -0.05) is 18.2 Å². The number of amides is 1. The molecule has 0 radical (unpaired) electrons. The van der Waals surface area contributed by atoms with Gasteiger partial charge in [0.25, 0.3) is 0 Å². The quantitative estimate of drug-likeness (QED) is 0.657. The van der Waals surface area contributed by atoms with Crippen molar-refractivity contribution >= 4 is 11.9 Å². The fraction of sp³-hybridized carbons (Fsp3) is 0.579. The maximum atomic E-state index is 12.5. The van der Waals surface area contributed by atoms with Gasteiger partial charge in [-0.3, -0.25) is 14.5 Å². The van der Waals surface area contributed by atoms with Crippen LogP contribution in [0, 0.1) is 0 Å². The zero-order chi connectivity index (χ0) is 20.7. The van der Waals surface area contributed by atoms with E-state index in [0.717, 1.165) is 0 Å². The minimum Gasteiger partial charge on any atom is -0.469 e. The third kappa shape index (κ3) is 6.70. The number of piperazine rings is 1. The number of rotatable bonds is 7. The number of alkyl halides is 3. The van der Waals surface area contributed by atoms with Gasteiger partial charge in [0.15, 0.2) is 0 Å². The van der Waals surface area contributed by atoms with Crippen LogP contribution < -0.4 is 4.74 Å². The third-order valence-electron chi connectivity index (χ3n) is 4.79. The second kappa shape index (κ2) is 9.77. The highest BCUT2D eigenvalue weighted by molar-refractivity contribution is 5.76. The van der Waals surface area contributed by atoms with Crippen molar-refractivity contribution in [2.75, 3.05) is 33.3 Å². The second-order valence-corrected chi connectivity index (χ2v) is 6.70. The van der Waals surface area contributed by atoms with Crippen molar-refractivity contribution in [2.45, 2.75) is 38.6 Å². The Kier molecular flexibility index (Phi) is 7.68. The van der Waals surface area contributed by atoms with Gasteiger partial charge in [-0.25, -0.2) is 0 Å². The van der Waals surface area contributed by atoms with Crippen molar-refractivity contribution in [2.24, 2.45) is 0 Å². The summed E-state index contributed by atoms with van der Waals surface area (Å²) < 4.78 is 46.1. The van der Waals surface area contributed by atoms with Gasteiger partial charge in [0.1, 0.15) is 5.75 Å². The lowest BCUT2D eigenvalue weighted by Gasteiger charge is -2.37. The average Bonchev–Trinajstić information content (AvgIpc) is 2.65. The Hall–Kier alpha value is -2.29. The SMILES string of the molecule is COC(=O)C[C@@H](C)N1CCN(C(=O)CCc2ccccc2OC(F)(F)F)CC1. The molecule has 1 fully saturated rings. The number of hydrogen-bond donors (Lipinski definition) is 0. The number of aryl methyl sites for hydroxylation is 1. The van der Waals surface area contributed by atoms with Gasteiger partial charge in [0.05, 0.1) is 13.5 Å². The van der Waals surface area contributed by atoms with Crippen molar-refractivity contribution in [3.05, 3.63) is 29.8 Å². The average molecular weight is 402 g/mol. The Morgan fingerprint density at radius 2 is 1.79 bits per heavy atom. The Bertz CT molecular complexity index is 673. The summed E-state index contributed by atoms with van der Waals surface area (Å²) in [6, 6.07) is 5.87. The summed E-state index contributed by atoms with van der Waals surface area (Å²) in [4.78, 5) is 27.6. The lowest BCUT2D eigenvalue weighted by molar-refractivity contribution is -0.274. The molecule has 1 aliphatic rings. The van der Waals surface area contributed by atoms with E-state index in [-0.39, 0.29) is 36.5 Å². The van der Waals surface area contributed by atoms with Crippen LogP contribution in [0.1, 0.15) is 25.3 Å². The first kappa shape index (κ1) is 22.0. The van der Waals surface area contributed by atoms with Crippen molar-refractivity contribution < 1.29 is 32.2 Å². The number of hydrogen-bond acceptors (Lipinski definition) is 5. The van der Waals surface area contributed by atoms with Crippen LogP contribution in [-0.2, 0) is 20.7 Å². The van der Waals surface area contributed by atoms with Crippen molar-refractivity contribution in [3.8, 4) is 5.75 Å². The summed E-state index contributed by atoms with van der Waals surface area (Å²) in [5, 5.41) is 0. The molecule has 6 nitrogen and oxygen atoms in total. The van der Waals surface area contributed by atoms with E-state index in [9.17, 15) is 22.8 Å². The molecule has 9 heteroatoms. The molecule has 2 rings (SSSR count). The molecular weight excluding hydrogens is 377 g/mol. The van der Waals surface area contributed by atoms with Gasteiger partial charge in [-0.15, -0.1) is 13.2 Å². The molecule has 0 saturated carbocycles. The molecule has 1 aliphatic heterocycles. The van der Waals surface area contributed by atoms with Gasteiger partial charge < -0.3 is 14.4 Å². The van der Waals surface area contributed by atoms with E-state index in [0.29, 0.717) is 38.2 Å². The smallest absolute Gasteiger partial charge is 0.469 e. The predicted molar refractivity (Wildman–Crippen MR) is 95.7 cm³/mol. The third-order valence-corrected chi connectivity index (χ3v) is 4.79. The number of carbonyl (C=O) groups excluding carboxylic acids is 2. The van der Waals surface area contributed by atoms with Crippen LogP contribution in [0.25, 0.3) is 0 Å². The number of halogens is 3. The van der Waals surface area contributed by atoms with Gasteiger partial charge in [-0.05, 0) is 25.0 Å². The van der Waals surface area contributed by atoms with E-state index < -0.39 is 6.36 Å². The standard InChI is InChI=1S/C19H25F3N2O4/c1-14(13-18(26)27-2)23-9-11-24(12-10-23)17(25)8-7-15-5-3-4-6-16(15)28-19(20,21)22/h3-6,14H,7-13H2,1-2H3/t14-/m1/s1. The van der Waals surface area contributed by atoms with E-state index in [1.54, 1.807) is 11.0 Å². The van der Waals surface area contributed by atoms with E-state index >= 15 is 0 Å². The zero-order valence-corrected chi connectivity index (χ0v) is 16.0. The lowest BCUT2D eigenvalue weighted by Crippen LogP contribution is -2.51. The van der Waals surface area contributed by atoms with Crippen LogP contribution in [0.4, 0.5) is 13.2 Å². The number of methoxy groups -OCH3 is 1. The number of ether oxygens (including phenoxy) is 2. The van der Waals surface area contributed by atoms with Crippen LogP contribution >= 0.6 is 0 Å². The first-order valence-corrected chi connectivity index (χ1v) is 9.12. The lowest BCUT2D eigenvalue weighted by atomic mass is 10.1. The molecule has 1 atom stereocenters. The highest BCUT2D eigenvalue weighted by Gasteiger charge is 2.32. The molecule has 0 bridgehead atoms. The van der Waals surface area contributed by atoms with Gasteiger partial charge in [0.2, 0.25) is 5.91 Å². The fourth-order valence-electron chi connectivity index (χ4n) is 3.20. The molecular formula is C19H25F3N2O4. The van der Waals surface area contributed by atoms with Crippen molar-refractivity contribution in [1.82, 2.24) is 9.80 Å². The largest absolute Gasteiger partial charge is 0.573 e. The summed E-state index contributed by atoms with van der Waals surface area (Å²) in [5.41, 5.74) is 0.346. The van der Waals surface area contributed by atoms with Crippen LogP contribution in [-0.4, -0.2) is 67.4 Å². The maximum Gasteiger partial charge on any atom is 0.573 e. The number of carbonyl (C=O) groups is 2. The normalized spacial score (nSPS) is 16.5. The van der Waals surface area contributed by atoms with E-state index in [1.807, 2.05) is 6.92 Å². The van der Waals surface area contributed by atoms with Crippen LogP contribution in [0.3, 0.4) is 0 Å². The van der Waals surface area contributed by atoms with Crippen LogP contribution in [0.15, 0.2) is 24.3 Å². The second-order valence-electron chi connectivity index (χ2n) is 6.70. The topological polar surface area (TPSA) is 59.1 Å².